The summed E-state index contributed by atoms with van der Waals surface area (Å²) in [5.74, 6) is 1.56. The zero-order valence-electron chi connectivity index (χ0n) is 17.0. The first-order valence-electron chi connectivity index (χ1n) is 9.68. The summed E-state index contributed by atoms with van der Waals surface area (Å²) in [5, 5.41) is 5.61. The molecule has 0 saturated carbocycles. The lowest BCUT2D eigenvalue weighted by Crippen LogP contribution is -2.45. The van der Waals surface area contributed by atoms with Gasteiger partial charge in [0.05, 0.1) is 13.2 Å². The number of benzene rings is 2. The van der Waals surface area contributed by atoms with E-state index in [2.05, 4.69) is 52.0 Å². The largest absolute Gasteiger partial charge is 0.493 e. The average Bonchev–Trinajstić information content (AvgIpc) is 3.28. The minimum atomic E-state index is 0. The SMILES string of the molecule is COc1ccc([C@@H](c2cccs2)N2CCNCC2)cc1OCc1ccccc1.Cl.Cl. The molecule has 7 heteroatoms. The Hall–Kier alpha value is -1.76. The van der Waals surface area contributed by atoms with Gasteiger partial charge < -0.3 is 14.8 Å². The van der Waals surface area contributed by atoms with Crippen LogP contribution in [0.2, 0.25) is 0 Å². The van der Waals surface area contributed by atoms with Gasteiger partial charge in [0.15, 0.2) is 11.5 Å². The van der Waals surface area contributed by atoms with Crippen LogP contribution in [-0.2, 0) is 6.61 Å². The van der Waals surface area contributed by atoms with E-state index in [1.807, 2.05) is 35.6 Å². The third kappa shape index (κ3) is 5.90. The zero-order chi connectivity index (χ0) is 19.2. The summed E-state index contributed by atoms with van der Waals surface area (Å²) in [5.41, 5.74) is 2.39. The van der Waals surface area contributed by atoms with Crippen LogP contribution in [0.1, 0.15) is 22.0 Å². The monoisotopic (exact) mass is 466 g/mol. The van der Waals surface area contributed by atoms with Crippen molar-refractivity contribution in [1.29, 1.82) is 0 Å². The number of thiophene rings is 1. The lowest BCUT2D eigenvalue weighted by molar-refractivity contribution is 0.200. The number of piperazine rings is 1. The van der Waals surface area contributed by atoms with E-state index < -0.39 is 0 Å². The first kappa shape index (κ1) is 24.5. The Labute approximate surface area is 195 Å². The highest BCUT2D eigenvalue weighted by molar-refractivity contribution is 7.10. The molecule has 1 fully saturated rings. The molecule has 0 bridgehead atoms. The minimum Gasteiger partial charge on any atom is -0.493 e. The maximum Gasteiger partial charge on any atom is 0.162 e. The fraction of sp³-hybridized carbons (Fsp3) is 0.304. The van der Waals surface area contributed by atoms with Gasteiger partial charge in [-0.25, -0.2) is 0 Å². The molecule has 1 aliphatic rings. The lowest BCUT2D eigenvalue weighted by atomic mass is 10.0. The molecule has 2 aromatic carbocycles. The van der Waals surface area contributed by atoms with E-state index in [4.69, 9.17) is 9.47 Å². The molecular formula is C23H28Cl2N2O2S. The van der Waals surface area contributed by atoms with Gasteiger partial charge in [-0.05, 0) is 34.7 Å². The van der Waals surface area contributed by atoms with Crippen LogP contribution >= 0.6 is 36.2 Å². The first-order valence-corrected chi connectivity index (χ1v) is 10.6. The molecule has 0 aliphatic carbocycles. The third-order valence-electron chi connectivity index (χ3n) is 5.07. The molecule has 3 aromatic rings. The van der Waals surface area contributed by atoms with Crippen LogP contribution in [0.15, 0.2) is 66.0 Å². The Bertz CT molecular complexity index is 872. The Balaban J connectivity index is 0.00000160. The topological polar surface area (TPSA) is 33.7 Å². The van der Waals surface area contributed by atoms with Gasteiger partial charge in [-0.3, -0.25) is 4.90 Å². The molecule has 162 valence electrons. The summed E-state index contributed by atoms with van der Waals surface area (Å²) in [6, 6.07) is 21.2. The number of rotatable bonds is 7. The van der Waals surface area contributed by atoms with Crippen LogP contribution in [0.5, 0.6) is 11.5 Å². The molecule has 0 amide bonds. The van der Waals surface area contributed by atoms with E-state index in [1.54, 1.807) is 7.11 Å². The maximum absolute atomic E-state index is 6.16. The number of methoxy groups -OCH3 is 1. The molecule has 0 spiro atoms. The van der Waals surface area contributed by atoms with Crippen molar-refractivity contribution in [3.05, 3.63) is 82.0 Å². The summed E-state index contributed by atoms with van der Waals surface area (Å²) < 4.78 is 11.7. The Kier molecular flexibility index (Phi) is 9.95. The number of ether oxygens (including phenoxy) is 2. The smallest absolute Gasteiger partial charge is 0.162 e. The zero-order valence-corrected chi connectivity index (χ0v) is 19.4. The highest BCUT2D eigenvalue weighted by atomic mass is 35.5. The number of nitrogens with zero attached hydrogens (tertiary/aromatic N) is 1. The maximum atomic E-state index is 6.16. The van der Waals surface area contributed by atoms with Crippen molar-refractivity contribution < 1.29 is 9.47 Å². The average molecular weight is 467 g/mol. The molecule has 4 rings (SSSR count). The van der Waals surface area contributed by atoms with Gasteiger partial charge in [-0.2, -0.15) is 0 Å². The molecule has 1 aliphatic heterocycles. The van der Waals surface area contributed by atoms with Crippen LogP contribution in [-0.4, -0.2) is 38.2 Å². The highest BCUT2D eigenvalue weighted by Crippen LogP contribution is 2.37. The summed E-state index contributed by atoms with van der Waals surface area (Å²) in [7, 11) is 1.69. The second kappa shape index (κ2) is 12.2. The van der Waals surface area contributed by atoms with Crippen molar-refractivity contribution in [3.8, 4) is 11.5 Å². The number of halogens is 2. The molecule has 2 heterocycles. The third-order valence-corrected chi connectivity index (χ3v) is 5.99. The Morgan fingerprint density at radius 3 is 2.40 bits per heavy atom. The Morgan fingerprint density at radius 1 is 0.967 bits per heavy atom. The van der Waals surface area contributed by atoms with Crippen molar-refractivity contribution in [1.82, 2.24) is 10.2 Å². The minimum absolute atomic E-state index is 0. The Morgan fingerprint density at radius 2 is 1.73 bits per heavy atom. The van der Waals surface area contributed by atoms with Crippen molar-refractivity contribution in [2.24, 2.45) is 0 Å². The second-order valence-electron chi connectivity index (χ2n) is 6.89. The van der Waals surface area contributed by atoms with Gasteiger partial charge in [0.25, 0.3) is 0 Å². The van der Waals surface area contributed by atoms with E-state index in [0.717, 1.165) is 43.2 Å². The summed E-state index contributed by atoms with van der Waals surface area (Å²) in [6.45, 7) is 4.65. The summed E-state index contributed by atoms with van der Waals surface area (Å²) in [4.78, 5) is 3.91. The molecule has 0 unspecified atom stereocenters. The quantitative estimate of drug-likeness (QED) is 0.520. The van der Waals surface area contributed by atoms with Crippen molar-refractivity contribution in [2.75, 3.05) is 33.3 Å². The van der Waals surface area contributed by atoms with Crippen molar-refractivity contribution in [2.45, 2.75) is 12.6 Å². The second-order valence-corrected chi connectivity index (χ2v) is 7.87. The fourth-order valence-corrected chi connectivity index (χ4v) is 4.54. The van der Waals surface area contributed by atoms with E-state index in [1.165, 1.54) is 10.4 Å². The predicted octanol–water partition coefficient (Wildman–Crippen LogP) is 5.17. The van der Waals surface area contributed by atoms with Crippen LogP contribution in [0.25, 0.3) is 0 Å². The molecule has 1 atom stereocenters. The van der Waals surface area contributed by atoms with E-state index >= 15 is 0 Å². The normalized spacial score (nSPS) is 14.8. The van der Waals surface area contributed by atoms with Crippen molar-refractivity contribution in [3.63, 3.8) is 0 Å². The van der Waals surface area contributed by atoms with Crippen molar-refractivity contribution >= 4 is 36.2 Å². The lowest BCUT2D eigenvalue weighted by Gasteiger charge is -2.35. The van der Waals surface area contributed by atoms with Gasteiger partial charge in [0.2, 0.25) is 0 Å². The van der Waals surface area contributed by atoms with Crippen LogP contribution < -0.4 is 14.8 Å². The molecule has 1 N–H and O–H groups in total. The van der Waals surface area contributed by atoms with Crippen LogP contribution in [0, 0.1) is 0 Å². The van der Waals surface area contributed by atoms with Gasteiger partial charge in [0.1, 0.15) is 6.61 Å². The van der Waals surface area contributed by atoms with Gasteiger partial charge >= 0.3 is 0 Å². The highest BCUT2D eigenvalue weighted by Gasteiger charge is 2.25. The summed E-state index contributed by atoms with van der Waals surface area (Å²) in [6.07, 6.45) is 0. The molecule has 30 heavy (non-hydrogen) atoms. The van der Waals surface area contributed by atoms with Gasteiger partial charge in [-0.15, -0.1) is 36.2 Å². The molecule has 4 nitrogen and oxygen atoms in total. The molecule has 1 aromatic heterocycles. The first-order chi connectivity index (χ1) is 13.8. The molecular weight excluding hydrogens is 439 g/mol. The standard InChI is InChI=1S/C23H26N2O2S.2ClH/c1-26-20-10-9-19(16-21(20)27-17-18-6-3-2-4-7-18)23(22-8-5-15-28-22)25-13-11-24-12-14-25;;/h2-10,15-16,23-24H,11-14,17H2,1H3;2*1H/t23-;;/m0../s1. The van der Waals surface area contributed by atoms with E-state index in [-0.39, 0.29) is 30.9 Å². The molecule has 0 radical (unpaired) electrons. The van der Waals surface area contributed by atoms with Gasteiger partial charge in [-0.1, -0.05) is 42.5 Å². The number of hydrogen-bond donors (Lipinski definition) is 1. The number of nitrogens with one attached hydrogen (secondary N) is 1. The van der Waals surface area contributed by atoms with Crippen LogP contribution in [0.3, 0.4) is 0 Å². The summed E-state index contributed by atoms with van der Waals surface area (Å²) >= 11 is 1.81. The fourth-order valence-electron chi connectivity index (χ4n) is 3.65. The van der Waals surface area contributed by atoms with E-state index in [9.17, 15) is 0 Å². The van der Waals surface area contributed by atoms with E-state index in [0.29, 0.717) is 6.61 Å². The molecule has 1 saturated heterocycles. The van der Waals surface area contributed by atoms with Gasteiger partial charge in [0, 0.05) is 31.1 Å². The number of hydrogen-bond acceptors (Lipinski definition) is 5. The van der Waals surface area contributed by atoms with Crippen LogP contribution in [0.4, 0.5) is 0 Å². The predicted molar refractivity (Wildman–Crippen MR) is 129 cm³/mol.